The van der Waals surface area contributed by atoms with Crippen molar-refractivity contribution in [2.75, 3.05) is 0 Å². The van der Waals surface area contributed by atoms with Crippen LogP contribution in [0.2, 0.25) is 0 Å². The molecule has 0 aliphatic heterocycles. The maximum absolute atomic E-state index is 2.45. The Balaban J connectivity index is 1.30. The van der Waals surface area contributed by atoms with Crippen LogP contribution < -0.4 is 5.46 Å². The Hall–Kier alpha value is -5.34. The number of rotatable bonds is 2. The van der Waals surface area contributed by atoms with Gasteiger partial charge in [0.25, 0.3) is 0 Å². The molecule has 1 aromatic heterocycles. The molecule has 0 radical (unpaired) electrons. The Morgan fingerprint density at radius 3 is 2.07 bits per heavy atom. The normalized spacial score (nSPS) is 13.8. The molecule has 0 saturated carbocycles. The van der Waals surface area contributed by atoms with Crippen LogP contribution in [0, 0.1) is 0 Å². The molecular formula is C43H30BN. The van der Waals surface area contributed by atoms with Gasteiger partial charge in [-0.25, -0.2) is 0 Å². The lowest BCUT2D eigenvalue weighted by molar-refractivity contribution is 0.660. The molecule has 0 atom stereocenters. The summed E-state index contributed by atoms with van der Waals surface area (Å²) < 4.78 is 2.45. The summed E-state index contributed by atoms with van der Waals surface area (Å²) in [6.45, 7) is 4.72. The zero-order valence-corrected chi connectivity index (χ0v) is 25.6. The van der Waals surface area contributed by atoms with E-state index >= 15 is 0 Å². The first-order valence-corrected chi connectivity index (χ1v) is 15.9. The lowest BCUT2D eigenvalue weighted by Crippen LogP contribution is -2.14. The Morgan fingerprint density at radius 2 is 1.18 bits per heavy atom. The first-order chi connectivity index (χ1) is 22.0. The largest absolute Gasteiger partial charge is 0.309 e. The van der Waals surface area contributed by atoms with Crippen molar-refractivity contribution in [3.05, 3.63) is 145 Å². The molecule has 210 valence electrons. The van der Waals surface area contributed by atoms with Gasteiger partial charge in [-0.1, -0.05) is 116 Å². The van der Waals surface area contributed by atoms with Crippen molar-refractivity contribution in [1.29, 1.82) is 0 Å². The molecule has 0 saturated heterocycles. The van der Waals surface area contributed by atoms with Crippen LogP contribution in [0.15, 0.2) is 133 Å². The van der Waals surface area contributed by atoms with Crippen LogP contribution in [0.4, 0.5) is 0 Å². The van der Waals surface area contributed by atoms with Crippen LogP contribution in [-0.4, -0.2) is 12.4 Å². The van der Waals surface area contributed by atoms with Crippen LogP contribution in [0.5, 0.6) is 0 Å². The van der Waals surface area contributed by atoms with Gasteiger partial charge in [-0.15, -0.1) is 0 Å². The second-order valence-electron chi connectivity index (χ2n) is 13.4. The molecule has 0 unspecified atom stereocenters. The molecule has 8 aromatic carbocycles. The molecule has 10 rings (SSSR count). The minimum Gasteiger partial charge on any atom is -0.309 e. The van der Waals surface area contributed by atoms with Gasteiger partial charge in [-0.2, -0.15) is 0 Å². The number of nitrogens with zero attached hydrogens (tertiary/aromatic N) is 1. The molecular weight excluding hydrogens is 541 g/mol. The van der Waals surface area contributed by atoms with Crippen molar-refractivity contribution in [3.63, 3.8) is 0 Å². The zero-order chi connectivity index (χ0) is 30.0. The van der Waals surface area contributed by atoms with Crippen LogP contribution in [0.25, 0.3) is 82.1 Å². The van der Waals surface area contributed by atoms with E-state index in [1.54, 1.807) is 0 Å². The van der Waals surface area contributed by atoms with E-state index in [2.05, 4.69) is 160 Å². The number of benzene rings is 8. The third kappa shape index (κ3) is 3.24. The van der Waals surface area contributed by atoms with E-state index in [0.29, 0.717) is 0 Å². The first-order valence-electron chi connectivity index (χ1n) is 15.9. The fourth-order valence-corrected chi connectivity index (χ4v) is 8.45. The minimum atomic E-state index is -0.0276. The lowest BCUT2D eigenvalue weighted by atomic mass is 9.81. The molecule has 0 fully saturated rings. The average molecular weight is 572 g/mol. The number of hydrogen-bond acceptors (Lipinski definition) is 0. The summed E-state index contributed by atoms with van der Waals surface area (Å²) in [5.74, 6) is 0. The molecule has 9 aromatic rings. The molecule has 1 nitrogen and oxygen atoms in total. The van der Waals surface area contributed by atoms with Crippen molar-refractivity contribution < 1.29 is 0 Å². The van der Waals surface area contributed by atoms with Crippen molar-refractivity contribution in [1.82, 2.24) is 4.57 Å². The van der Waals surface area contributed by atoms with Crippen LogP contribution in [0.1, 0.15) is 25.0 Å². The lowest BCUT2D eigenvalue weighted by Gasteiger charge is -2.22. The summed E-state index contributed by atoms with van der Waals surface area (Å²) in [6.07, 6.45) is 0. The molecule has 1 aliphatic carbocycles. The van der Waals surface area contributed by atoms with E-state index in [1.165, 1.54) is 98.7 Å². The first kappa shape index (κ1) is 25.0. The van der Waals surface area contributed by atoms with Gasteiger partial charge in [0.1, 0.15) is 7.85 Å². The molecule has 0 amide bonds. The Morgan fingerprint density at radius 1 is 0.489 bits per heavy atom. The zero-order valence-electron chi connectivity index (χ0n) is 25.6. The van der Waals surface area contributed by atoms with Gasteiger partial charge < -0.3 is 4.57 Å². The van der Waals surface area contributed by atoms with Crippen LogP contribution in [-0.2, 0) is 5.41 Å². The molecule has 45 heavy (non-hydrogen) atoms. The maximum Gasteiger partial charge on any atom is 0.140 e. The van der Waals surface area contributed by atoms with Crippen molar-refractivity contribution in [2.24, 2.45) is 0 Å². The topological polar surface area (TPSA) is 4.93 Å². The van der Waals surface area contributed by atoms with Crippen LogP contribution >= 0.6 is 0 Å². The van der Waals surface area contributed by atoms with Crippen molar-refractivity contribution in [3.8, 4) is 27.9 Å². The third-order valence-electron chi connectivity index (χ3n) is 10.7. The van der Waals surface area contributed by atoms with Crippen molar-refractivity contribution >= 4 is 67.4 Å². The van der Waals surface area contributed by atoms with E-state index in [4.69, 9.17) is 0 Å². The number of hydrogen-bond donors (Lipinski definition) is 0. The average Bonchev–Trinajstić information content (AvgIpc) is 3.52. The molecule has 0 spiro atoms. The fourth-order valence-electron chi connectivity index (χ4n) is 8.45. The van der Waals surface area contributed by atoms with Crippen molar-refractivity contribution in [2.45, 2.75) is 19.3 Å². The summed E-state index contributed by atoms with van der Waals surface area (Å²) in [7, 11) is 2.23. The fraction of sp³-hybridized carbons (Fsp3) is 0.0698. The standard InChI is InChI=1S/C43H30BN/c1-43(2)35-11-7-6-10-30(35)31-17-14-27(23-36(31)43)26-16-21-38-34(22-26)42-33-19-18-32-37(44)20-15-25-12-13-28(41(33)40(25)32)24-39(42)45(38)29-8-4-3-5-9-29/h3-24H,44H2,1-2H3. The second-order valence-corrected chi connectivity index (χ2v) is 13.4. The Kier molecular flexibility index (Phi) is 4.81. The van der Waals surface area contributed by atoms with Gasteiger partial charge in [0.15, 0.2) is 0 Å². The van der Waals surface area contributed by atoms with E-state index in [9.17, 15) is 0 Å². The van der Waals surface area contributed by atoms with E-state index in [-0.39, 0.29) is 5.41 Å². The summed E-state index contributed by atoms with van der Waals surface area (Å²) in [5.41, 5.74) is 13.0. The summed E-state index contributed by atoms with van der Waals surface area (Å²) in [4.78, 5) is 0. The molecule has 2 heteroatoms. The smallest absolute Gasteiger partial charge is 0.140 e. The highest BCUT2D eigenvalue weighted by Gasteiger charge is 2.35. The Bertz CT molecular complexity index is 2680. The highest BCUT2D eigenvalue weighted by atomic mass is 15.0. The number of fused-ring (bicyclic) bond motifs is 7. The SMILES string of the molecule is Bc1ccc2ccc3cc4c(c5ccc1c2c35)c1cc(-c2ccc3c(c2)C(C)(C)c2ccccc2-3)ccc1n4-c1ccccc1. The van der Waals surface area contributed by atoms with E-state index in [0.717, 1.165) is 0 Å². The quantitative estimate of drug-likeness (QED) is 0.144. The third-order valence-corrected chi connectivity index (χ3v) is 10.7. The summed E-state index contributed by atoms with van der Waals surface area (Å²) in [6, 6.07) is 50.1. The van der Waals surface area contributed by atoms with Gasteiger partial charge in [0, 0.05) is 21.9 Å². The maximum atomic E-state index is 2.45. The second kappa shape index (κ2) is 8.64. The van der Waals surface area contributed by atoms with Crippen LogP contribution in [0.3, 0.4) is 0 Å². The van der Waals surface area contributed by atoms with Gasteiger partial charge >= 0.3 is 0 Å². The predicted octanol–water partition coefficient (Wildman–Crippen LogP) is 9.91. The number of para-hydroxylation sites is 1. The highest BCUT2D eigenvalue weighted by molar-refractivity contribution is 6.43. The highest BCUT2D eigenvalue weighted by Crippen LogP contribution is 2.50. The Labute approximate surface area is 263 Å². The number of aromatic nitrogens is 1. The van der Waals surface area contributed by atoms with Gasteiger partial charge in [-0.3, -0.25) is 0 Å². The summed E-state index contributed by atoms with van der Waals surface area (Å²) in [5, 5.41) is 10.6. The van der Waals surface area contributed by atoms with Gasteiger partial charge in [0.05, 0.1) is 11.0 Å². The van der Waals surface area contributed by atoms with E-state index in [1.807, 2.05) is 0 Å². The van der Waals surface area contributed by atoms with Gasteiger partial charge in [0.2, 0.25) is 0 Å². The molecule has 0 bridgehead atoms. The minimum absolute atomic E-state index is 0.0276. The summed E-state index contributed by atoms with van der Waals surface area (Å²) >= 11 is 0. The molecule has 0 N–H and O–H groups in total. The molecule has 1 aliphatic rings. The predicted molar refractivity (Wildman–Crippen MR) is 196 cm³/mol. The monoisotopic (exact) mass is 571 g/mol. The molecule has 1 heterocycles. The van der Waals surface area contributed by atoms with Gasteiger partial charge in [-0.05, 0) is 102 Å². The van der Waals surface area contributed by atoms with E-state index < -0.39 is 0 Å².